The quantitative estimate of drug-likeness (QED) is 0.273. The van der Waals surface area contributed by atoms with Gasteiger partial charge in [0.2, 0.25) is 0 Å². The average molecular weight is 516 g/mol. The summed E-state index contributed by atoms with van der Waals surface area (Å²) < 4.78 is 13.8. The van der Waals surface area contributed by atoms with Gasteiger partial charge in [-0.1, -0.05) is 61.4 Å². The molecule has 0 radical (unpaired) electrons. The van der Waals surface area contributed by atoms with Crippen molar-refractivity contribution < 1.29 is 19.1 Å². The summed E-state index contributed by atoms with van der Waals surface area (Å²) in [4.78, 5) is 0.243. The molecule has 5 heteroatoms. The van der Waals surface area contributed by atoms with Crippen LogP contribution in [-0.4, -0.2) is 53.5 Å². The number of halogens is 1. The molecule has 4 fully saturated rings. The number of rotatable bonds is 9. The molecule has 2 aromatic rings. The molecule has 1 saturated carbocycles. The van der Waals surface area contributed by atoms with Crippen molar-refractivity contribution in [1.82, 2.24) is 0 Å². The molecule has 178 valence electrons. The zero-order valence-corrected chi connectivity index (χ0v) is 21.0. The van der Waals surface area contributed by atoms with Crippen molar-refractivity contribution in [3.05, 3.63) is 66.2 Å². The van der Waals surface area contributed by atoms with Crippen LogP contribution in [0.2, 0.25) is 0 Å². The van der Waals surface area contributed by atoms with Crippen molar-refractivity contribution in [2.75, 3.05) is 32.8 Å². The number of benzene rings is 2. The van der Waals surface area contributed by atoms with Crippen LogP contribution in [0.25, 0.3) is 0 Å². The SMILES string of the molecule is OC(CO[C@@H]1C2CC[N+](CCOc3ccccc3)(CC2)[C@H]1Br)(c1ccccc1)C1CCCC1. The van der Waals surface area contributed by atoms with E-state index in [0.29, 0.717) is 19.1 Å². The summed E-state index contributed by atoms with van der Waals surface area (Å²) in [5.74, 6) is 1.77. The molecule has 0 aromatic heterocycles. The lowest BCUT2D eigenvalue weighted by molar-refractivity contribution is -0.954. The van der Waals surface area contributed by atoms with E-state index in [2.05, 4.69) is 28.1 Å². The second-order valence-electron chi connectivity index (χ2n) is 10.3. The number of ether oxygens (including phenoxy) is 2. The standard InChI is InChI=1S/C28H37BrNO3/c29-27-26(33-21-28(31,24-11-7-8-12-24)23-9-3-1-4-10-23)22-15-17-30(27,18-16-22)19-20-32-25-13-5-2-6-14-25/h1-6,9-10,13-14,22,24,26-27,31H,7-8,11-12,15-21H2/q+1/t22?,26-,27-,28?,30?/m1/s1. The summed E-state index contributed by atoms with van der Waals surface area (Å²) >= 11 is 4.07. The Balaban J connectivity index is 1.27. The lowest BCUT2D eigenvalue weighted by atomic mass is 9.80. The van der Waals surface area contributed by atoms with Crippen molar-refractivity contribution >= 4 is 15.9 Å². The van der Waals surface area contributed by atoms with E-state index in [1.807, 2.05) is 48.5 Å². The van der Waals surface area contributed by atoms with E-state index in [4.69, 9.17) is 9.47 Å². The third-order valence-electron chi connectivity index (χ3n) is 8.50. The number of alkyl halides is 1. The molecular formula is C28H37BrNO3+. The molecule has 3 atom stereocenters. The van der Waals surface area contributed by atoms with Gasteiger partial charge in [0.05, 0.1) is 19.7 Å². The highest BCUT2D eigenvalue weighted by molar-refractivity contribution is 9.09. The molecule has 1 N–H and O–H groups in total. The molecule has 33 heavy (non-hydrogen) atoms. The summed E-state index contributed by atoms with van der Waals surface area (Å²) in [7, 11) is 0. The van der Waals surface area contributed by atoms with E-state index < -0.39 is 5.60 Å². The fourth-order valence-electron chi connectivity index (χ4n) is 6.43. The molecule has 0 spiro atoms. The number of nitrogens with zero attached hydrogens (tertiary/aromatic N) is 1. The molecule has 3 heterocycles. The zero-order valence-electron chi connectivity index (χ0n) is 19.4. The Bertz CT molecular complexity index is 881. The fraction of sp³-hybridized carbons (Fsp3) is 0.571. The monoisotopic (exact) mass is 514 g/mol. The largest absolute Gasteiger partial charge is 0.488 e. The van der Waals surface area contributed by atoms with Crippen LogP contribution < -0.4 is 4.74 Å². The normalized spacial score (nSPS) is 31.4. The number of quaternary nitrogens is 1. The van der Waals surface area contributed by atoms with Crippen LogP contribution in [-0.2, 0) is 10.3 Å². The van der Waals surface area contributed by atoms with E-state index in [1.54, 1.807) is 0 Å². The highest BCUT2D eigenvalue weighted by Crippen LogP contribution is 2.45. The maximum atomic E-state index is 11.9. The van der Waals surface area contributed by atoms with E-state index in [9.17, 15) is 5.11 Å². The molecule has 4 nitrogen and oxygen atoms in total. The minimum Gasteiger partial charge on any atom is -0.488 e. The van der Waals surface area contributed by atoms with Crippen LogP contribution in [0, 0.1) is 11.8 Å². The molecule has 3 saturated heterocycles. The Morgan fingerprint density at radius 3 is 2.21 bits per heavy atom. The number of fused-ring (bicyclic) bond motifs is 3. The second-order valence-corrected chi connectivity index (χ2v) is 11.2. The highest BCUT2D eigenvalue weighted by Gasteiger charge is 2.54. The predicted molar refractivity (Wildman–Crippen MR) is 134 cm³/mol. The summed E-state index contributed by atoms with van der Waals surface area (Å²) in [5.41, 5.74) is 0.0991. The van der Waals surface area contributed by atoms with Crippen LogP contribution in [0.15, 0.2) is 60.7 Å². The van der Waals surface area contributed by atoms with Gasteiger partial charge in [-0.15, -0.1) is 0 Å². The minimum atomic E-state index is -0.905. The Hall–Kier alpha value is -1.40. The zero-order chi connectivity index (χ0) is 22.7. The second kappa shape index (κ2) is 10.1. The molecule has 6 rings (SSSR count). The van der Waals surface area contributed by atoms with Gasteiger partial charge >= 0.3 is 0 Å². The Morgan fingerprint density at radius 1 is 0.909 bits per heavy atom. The molecule has 3 aliphatic heterocycles. The van der Waals surface area contributed by atoms with Gasteiger partial charge in [-0.25, -0.2) is 0 Å². The first-order chi connectivity index (χ1) is 16.1. The number of piperidine rings is 3. The predicted octanol–water partition coefficient (Wildman–Crippen LogP) is 5.49. The Morgan fingerprint density at radius 2 is 1.55 bits per heavy atom. The third-order valence-corrected chi connectivity index (χ3v) is 9.89. The molecule has 0 amide bonds. The molecular weight excluding hydrogens is 478 g/mol. The van der Waals surface area contributed by atoms with Crippen LogP contribution in [0.5, 0.6) is 5.75 Å². The first kappa shape index (κ1) is 23.3. The smallest absolute Gasteiger partial charge is 0.171 e. The molecule has 4 aliphatic rings. The van der Waals surface area contributed by atoms with E-state index in [1.165, 1.54) is 38.8 Å². The first-order valence-electron chi connectivity index (χ1n) is 12.7. The van der Waals surface area contributed by atoms with Crippen molar-refractivity contribution in [2.24, 2.45) is 11.8 Å². The van der Waals surface area contributed by atoms with Crippen LogP contribution in [0.4, 0.5) is 0 Å². The van der Waals surface area contributed by atoms with Gasteiger partial charge in [-0.05, 0) is 52.4 Å². The molecule has 1 unspecified atom stereocenters. The summed E-state index contributed by atoms with van der Waals surface area (Å²) in [6.45, 7) is 4.41. The Labute approximate surface area is 206 Å². The number of hydrogen-bond acceptors (Lipinski definition) is 3. The van der Waals surface area contributed by atoms with Crippen molar-refractivity contribution in [1.29, 1.82) is 0 Å². The van der Waals surface area contributed by atoms with Crippen LogP contribution >= 0.6 is 15.9 Å². The van der Waals surface area contributed by atoms with Gasteiger partial charge in [0.1, 0.15) is 30.6 Å². The average Bonchev–Trinajstić information content (AvgIpc) is 3.41. The van der Waals surface area contributed by atoms with Gasteiger partial charge in [-0.2, -0.15) is 0 Å². The van der Waals surface area contributed by atoms with Crippen LogP contribution in [0.3, 0.4) is 0 Å². The third kappa shape index (κ3) is 4.75. The minimum absolute atomic E-state index is 0.126. The van der Waals surface area contributed by atoms with Gasteiger partial charge in [0, 0.05) is 18.8 Å². The lowest BCUT2D eigenvalue weighted by Crippen LogP contribution is -2.69. The highest BCUT2D eigenvalue weighted by atomic mass is 79.9. The summed E-state index contributed by atoms with van der Waals surface area (Å²) in [5, 5.41) is 11.9. The van der Waals surface area contributed by atoms with Gasteiger partial charge in [0.25, 0.3) is 0 Å². The number of aliphatic hydroxyl groups is 1. The summed E-state index contributed by atoms with van der Waals surface area (Å²) in [6, 6.07) is 20.3. The van der Waals surface area contributed by atoms with Gasteiger partial charge < -0.3 is 19.1 Å². The van der Waals surface area contributed by atoms with E-state index >= 15 is 0 Å². The van der Waals surface area contributed by atoms with E-state index in [0.717, 1.165) is 35.2 Å². The maximum Gasteiger partial charge on any atom is 0.171 e. The molecule has 1 aliphatic carbocycles. The first-order valence-corrected chi connectivity index (χ1v) is 13.6. The topological polar surface area (TPSA) is 38.7 Å². The molecule has 2 aromatic carbocycles. The number of hydrogen-bond donors (Lipinski definition) is 1. The van der Waals surface area contributed by atoms with Crippen molar-refractivity contribution in [3.63, 3.8) is 0 Å². The van der Waals surface area contributed by atoms with Gasteiger partial charge in [-0.3, -0.25) is 0 Å². The Kier molecular flexibility index (Phi) is 7.12. The van der Waals surface area contributed by atoms with Crippen molar-refractivity contribution in [2.45, 2.75) is 55.2 Å². The number of para-hydroxylation sites is 1. The van der Waals surface area contributed by atoms with Crippen molar-refractivity contribution in [3.8, 4) is 5.75 Å². The lowest BCUT2D eigenvalue weighted by Gasteiger charge is -2.56. The molecule has 2 bridgehead atoms. The summed E-state index contributed by atoms with van der Waals surface area (Å²) in [6.07, 6.45) is 7.06. The fourth-order valence-corrected chi connectivity index (χ4v) is 7.63. The maximum absolute atomic E-state index is 11.9. The van der Waals surface area contributed by atoms with Gasteiger partial charge in [0.15, 0.2) is 4.95 Å². The van der Waals surface area contributed by atoms with E-state index in [-0.39, 0.29) is 17.0 Å². The van der Waals surface area contributed by atoms with Crippen LogP contribution in [0.1, 0.15) is 44.1 Å².